The van der Waals surface area contributed by atoms with E-state index in [1.165, 1.54) is 5.56 Å². The Morgan fingerprint density at radius 3 is 2.38 bits per heavy atom. The first-order chi connectivity index (χ1) is 14.2. The van der Waals surface area contributed by atoms with E-state index in [9.17, 15) is 4.79 Å². The van der Waals surface area contributed by atoms with E-state index < -0.39 is 0 Å². The molecule has 3 aromatic carbocycles. The van der Waals surface area contributed by atoms with Gasteiger partial charge in [-0.15, -0.1) is 0 Å². The Labute approximate surface area is 166 Å². The van der Waals surface area contributed by atoms with E-state index in [-0.39, 0.29) is 11.5 Å². The lowest BCUT2D eigenvalue weighted by Gasteiger charge is -2.26. The van der Waals surface area contributed by atoms with Gasteiger partial charge in [0.2, 0.25) is 5.88 Å². The van der Waals surface area contributed by atoms with Gasteiger partial charge in [-0.25, -0.2) is 4.79 Å². The molecule has 1 aliphatic rings. The van der Waals surface area contributed by atoms with E-state index in [2.05, 4.69) is 42.2 Å². The first kappa shape index (κ1) is 16.2. The van der Waals surface area contributed by atoms with Gasteiger partial charge >= 0.3 is 5.63 Å². The Hall–Kier alpha value is -3.79. The van der Waals surface area contributed by atoms with Crippen molar-refractivity contribution in [2.45, 2.75) is 12.8 Å². The van der Waals surface area contributed by atoms with Crippen LogP contribution in [-0.4, -0.2) is 4.98 Å². The molecule has 4 nitrogen and oxygen atoms in total. The van der Waals surface area contributed by atoms with Gasteiger partial charge in [-0.1, -0.05) is 60.2 Å². The third-order valence-corrected chi connectivity index (χ3v) is 5.70. The van der Waals surface area contributed by atoms with Crippen LogP contribution < -0.4 is 10.4 Å². The van der Waals surface area contributed by atoms with Gasteiger partial charge in [0.05, 0.1) is 16.9 Å². The van der Waals surface area contributed by atoms with Crippen LogP contribution in [0.4, 0.5) is 0 Å². The molecular weight excluding hydrogens is 362 g/mol. The van der Waals surface area contributed by atoms with Crippen molar-refractivity contribution in [2.24, 2.45) is 0 Å². The van der Waals surface area contributed by atoms with Crippen LogP contribution >= 0.6 is 0 Å². The number of hydrogen-bond donors (Lipinski definition) is 1. The topological polar surface area (TPSA) is 55.2 Å². The quantitative estimate of drug-likeness (QED) is 0.364. The molecule has 0 aliphatic carbocycles. The Kier molecular flexibility index (Phi) is 3.27. The molecule has 0 fully saturated rings. The van der Waals surface area contributed by atoms with Crippen molar-refractivity contribution >= 4 is 21.9 Å². The predicted molar refractivity (Wildman–Crippen MR) is 113 cm³/mol. The zero-order valence-corrected chi connectivity index (χ0v) is 15.7. The number of para-hydroxylation sites is 2. The van der Waals surface area contributed by atoms with Crippen LogP contribution in [0.1, 0.15) is 28.2 Å². The van der Waals surface area contributed by atoms with E-state index in [1.54, 1.807) is 6.07 Å². The second-order valence-corrected chi connectivity index (χ2v) is 7.49. The number of ether oxygens (including phenoxy) is 1. The maximum absolute atomic E-state index is 13.1. The molecule has 29 heavy (non-hydrogen) atoms. The molecule has 1 aliphatic heterocycles. The molecule has 0 spiro atoms. The van der Waals surface area contributed by atoms with E-state index in [0.29, 0.717) is 22.8 Å². The molecule has 6 rings (SSSR count). The molecule has 140 valence electrons. The molecule has 4 heteroatoms. The molecule has 5 aromatic rings. The average Bonchev–Trinajstić information content (AvgIpc) is 3.11. The minimum Gasteiger partial charge on any atom is -0.439 e. The van der Waals surface area contributed by atoms with Crippen LogP contribution in [0.2, 0.25) is 0 Å². The molecule has 1 unspecified atom stereocenters. The molecule has 1 atom stereocenters. The number of nitrogens with one attached hydrogen (secondary N) is 1. The lowest BCUT2D eigenvalue weighted by Crippen LogP contribution is -2.20. The molecule has 0 saturated carbocycles. The van der Waals surface area contributed by atoms with Crippen molar-refractivity contribution in [3.63, 3.8) is 0 Å². The van der Waals surface area contributed by atoms with Gasteiger partial charge in [-0.05, 0) is 30.7 Å². The zero-order valence-electron chi connectivity index (χ0n) is 15.7. The van der Waals surface area contributed by atoms with Gasteiger partial charge in [-0.2, -0.15) is 0 Å². The Bertz CT molecular complexity index is 1460. The van der Waals surface area contributed by atoms with Gasteiger partial charge in [0, 0.05) is 16.5 Å². The summed E-state index contributed by atoms with van der Waals surface area (Å²) in [4.78, 5) is 16.5. The standard InChI is InChI=1S/C25H17NO3/c1-14-10-12-15(13-11-14)20-21-16-6-2-4-8-18(16)26-24(21)29-23-17-7-3-5-9-19(17)28-25(27)22(20)23/h2-13,20,26H,1H3. The van der Waals surface area contributed by atoms with E-state index in [4.69, 9.17) is 9.15 Å². The third kappa shape index (κ3) is 2.29. The smallest absolute Gasteiger partial charge is 0.344 e. The fourth-order valence-corrected chi connectivity index (χ4v) is 4.34. The molecule has 0 radical (unpaired) electrons. The summed E-state index contributed by atoms with van der Waals surface area (Å²) in [6.07, 6.45) is 0. The largest absolute Gasteiger partial charge is 0.439 e. The molecule has 0 amide bonds. The number of rotatable bonds is 1. The highest BCUT2D eigenvalue weighted by Gasteiger charge is 2.36. The predicted octanol–water partition coefficient (Wildman–Crippen LogP) is 5.87. The minimum absolute atomic E-state index is 0.272. The van der Waals surface area contributed by atoms with E-state index in [0.717, 1.165) is 27.4 Å². The van der Waals surface area contributed by atoms with Crippen molar-refractivity contribution in [1.82, 2.24) is 4.98 Å². The highest BCUT2D eigenvalue weighted by Crippen LogP contribution is 2.50. The van der Waals surface area contributed by atoms with Crippen LogP contribution in [0.25, 0.3) is 21.9 Å². The lowest BCUT2D eigenvalue weighted by molar-refractivity contribution is 0.429. The van der Waals surface area contributed by atoms with Gasteiger partial charge < -0.3 is 14.1 Å². The van der Waals surface area contributed by atoms with E-state index >= 15 is 0 Å². The summed E-state index contributed by atoms with van der Waals surface area (Å²) < 4.78 is 12.0. The number of aryl methyl sites for hydroxylation is 1. The normalized spacial score (nSPS) is 15.1. The minimum atomic E-state index is -0.361. The maximum Gasteiger partial charge on any atom is 0.344 e. The number of fused-ring (bicyclic) bond motifs is 6. The second-order valence-electron chi connectivity index (χ2n) is 7.49. The van der Waals surface area contributed by atoms with Crippen molar-refractivity contribution in [2.75, 3.05) is 0 Å². The molecular formula is C25H17NO3. The highest BCUT2D eigenvalue weighted by atomic mass is 16.5. The summed E-state index contributed by atoms with van der Waals surface area (Å²) in [5.74, 6) is 0.980. The fraction of sp³-hybridized carbons (Fsp3) is 0.0800. The molecule has 1 N–H and O–H groups in total. The summed E-state index contributed by atoms with van der Waals surface area (Å²) in [5, 5.41) is 1.84. The van der Waals surface area contributed by atoms with Crippen LogP contribution in [0, 0.1) is 6.92 Å². The van der Waals surface area contributed by atoms with Crippen molar-refractivity contribution in [3.8, 4) is 11.6 Å². The van der Waals surface area contributed by atoms with Crippen LogP contribution in [0.5, 0.6) is 11.6 Å². The lowest BCUT2D eigenvalue weighted by atomic mass is 9.83. The van der Waals surface area contributed by atoms with Gasteiger partial charge in [0.25, 0.3) is 0 Å². The van der Waals surface area contributed by atoms with Crippen molar-refractivity contribution in [1.29, 1.82) is 0 Å². The first-order valence-electron chi connectivity index (χ1n) is 9.61. The summed E-state index contributed by atoms with van der Waals surface area (Å²) >= 11 is 0. The number of H-pyrrole nitrogens is 1. The Balaban J connectivity index is 1.75. The molecule has 0 bridgehead atoms. The van der Waals surface area contributed by atoms with Crippen LogP contribution in [0.3, 0.4) is 0 Å². The number of benzene rings is 3. The summed E-state index contributed by atoms with van der Waals surface area (Å²) in [7, 11) is 0. The van der Waals surface area contributed by atoms with Gasteiger partial charge in [-0.3, -0.25) is 0 Å². The van der Waals surface area contributed by atoms with Gasteiger partial charge in [0.1, 0.15) is 5.58 Å². The number of aromatic nitrogens is 1. The fourth-order valence-electron chi connectivity index (χ4n) is 4.34. The Morgan fingerprint density at radius 1 is 0.828 bits per heavy atom. The highest BCUT2D eigenvalue weighted by molar-refractivity contribution is 5.92. The van der Waals surface area contributed by atoms with Crippen molar-refractivity contribution < 1.29 is 9.15 Å². The molecule has 2 aromatic heterocycles. The average molecular weight is 379 g/mol. The first-order valence-corrected chi connectivity index (χ1v) is 9.61. The summed E-state index contributed by atoms with van der Waals surface area (Å²) in [6, 6.07) is 23.9. The maximum atomic E-state index is 13.1. The third-order valence-electron chi connectivity index (χ3n) is 5.70. The Morgan fingerprint density at radius 2 is 1.55 bits per heavy atom. The second kappa shape index (κ2) is 5.85. The number of hydrogen-bond acceptors (Lipinski definition) is 3. The molecule has 3 heterocycles. The summed E-state index contributed by atoms with van der Waals surface area (Å²) in [5.41, 5.74) is 4.87. The van der Waals surface area contributed by atoms with Crippen LogP contribution in [0.15, 0.2) is 82.0 Å². The van der Waals surface area contributed by atoms with Crippen molar-refractivity contribution in [3.05, 3.63) is 105 Å². The van der Waals surface area contributed by atoms with E-state index in [1.807, 2.05) is 36.4 Å². The zero-order chi connectivity index (χ0) is 19.5. The van der Waals surface area contributed by atoms with Gasteiger partial charge in [0.15, 0.2) is 5.75 Å². The number of aromatic amines is 1. The molecule has 0 saturated heterocycles. The summed E-state index contributed by atoms with van der Waals surface area (Å²) in [6.45, 7) is 2.06. The van der Waals surface area contributed by atoms with Crippen LogP contribution in [-0.2, 0) is 0 Å². The monoisotopic (exact) mass is 379 g/mol. The SMILES string of the molecule is Cc1ccc(C2c3c(c4ccccc4oc3=O)Oc3[nH]c4ccccc4c32)cc1.